The monoisotopic (exact) mass is 467 g/mol. The lowest BCUT2D eigenvalue weighted by atomic mass is 9.93. The number of aromatic nitrogens is 2. The number of halogens is 1. The van der Waals surface area contributed by atoms with E-state index in [9.17, 15) is 9.59 Å². The number of hydrogen-bond donors (Lipinski definition) is 1. The molecule has 9 heteroatoms. The topological polar surface area (TPSA) is 88.8 Å². The van der Waals surface area contributed by atoms with Gasteiger partial charge in [-0.25, -0.2) is 4.85 Å². The number of benzene rings is 1. The summed E-state index contributed by atoms with van der Waals surface area (Å²) >= 11 is 6.08. The van der Waals surface area contributed by atoms with Gasteiger partial charge in [0.25, 0.3) is 5.91 Å². The highest BCUT2D eigenvalue weighted by Gasteiger charge is 2.25. The highest BCUT2D eigenvalue weighted by atomic mass is 35.5. The molecule has 1 N–H and O–H groups in total. The van der Waals surface area contributed by atoms with E-state index in [2.05, 4.69) is 25.3 Å². The molecule has 33 heavy (non-hydrogen) atoms. The van der Waals surface area contributed by atoms with E-state index in [1.807, 2.05) is 6.07 Å². The van der Waals surface area contributed by atoms with E-state index < -0.39 is 0 Å². The third-order valence-electron chi connectivity index (χ3n) is 6.29. The Morgan fingerprint density at radius 1 is 1.12 bits per heavy atom. The zero-order chi connectivity index (χ0) is 23.2. The van der Waals surface area contributed by atoms with Crippen molar-refractivity contribution in [3.63, 3.8) is 0 Å². The molecule has 0 atom stereocenters. The summed E-state index contributed by atoms with van der Waals surface area (Å²) in [5.41, 5.74) is 0.712. The van der Waals surface area contributed by atoms with Gasteiger partial charge in [-0.15, -0.1) is 10.2 Å². The number of anilines is 1. The van der Waals surface area contributed by atoms with E-state index in [4.69, 9.17) is 22.9 Å². The van der Waals surface area contributed by atoms with E-state index in [1.165, 1.54) is 0 Å². The van der Waals surface area contributed by atoms with E-state index in [0.29, 0.717) is 22.2 Å². The molecule has 2 aromatic rings. The average molecular weight is 468 g/mol. The number of nitrogens with zero attached hydrogens (tertiary/aromatic N) is 4. The first-order valence-electron chi connectivity index (χ1n) is 11.2. The molecule has 172 valence electrons. The SMILES string of the molecule is [C-]#[N+]c1ccc(OC2CCC(NC(=O)c3ccc(N4CCC(C=O)CC4)nn3)CC2)cc1Cl. The maximum absolute atomic E-state index is 12.6. The summed E-state index contributed by atoms with van der Waals surface area (Å²) in [6.45, 7) is 8.60. The number of carbonyl (C=O) groups excluding carboxylic acids is 2. The molecule has 1 saturated heterocycles. The van der Waals surface area contributed by atoms with Crippen LogP contribution in [0.1, 0.15) is 49.0 Å². The van der Waals surface area contributed by atoms with Crippen LogP contribution in [0.2, 0.25) is 5.02 Å². The van der Waals surface area contributed by atoms with Gasteiger partial charge in [-0.2, -0.15) is 0 Å². The van der Waals surface area contributed by atoms with E-state index in [-0.39, 0.29) is 24.0 Å². The number of ether oxygens (including phenoxy) is 1. The van der Waals surface area contributed by atoms with Crippen LogP contribution in [0.4, 0.5) is 11.5 Å². The van der Waals surface area contributed by atoms with Crippen molar-refractivity contribution in [2.24, 2.45) is 5.92 Å². The van der Waals surface area contributed by atoms with Crippen LogP contribution < -0.4 is 15.0 Å². The number of rotatable bonds is 6. The van der Waals surface area contributed by atoms with Crippen LogP contribution >= 0.6 is 11.6 Å². The first kappa shape index (κ1) is 23.0. The number of carbonyl (C=O) groups is 2. The molecule has 8 nitrogen and oxygen atoms in total. The minimum Gasteiger partial charge on any atom is -0.490 e. The molecule has 1 aliphatic carbocycles. The molecular formula is C24H26ClN5O3. The Labute approximate surface area is 198 Å². The normalized spacial score (nSPS) is 21.2. The fraction of sp³-hybridized carbons (Fsp3) is 0.458. The van der Waals surface area contributed by atoms with Crippen molar-refractivity contribution in [3.8, 4) is 5.75 Å². The van der Waals surface area contributed by atoms with Gasteiger partial charge >= 0.3 is 0 Å². The molecule has 1 amide bonds. The lowest BCUT2D eigenvalue weighted by molar-refractivity contribution is -0.111. The minimum absolute atomic E-state index is 0.0513. The number of amides is 1. The number of aldehydes is 1. The summed E-state index contributed by atoms with van der Waals surface area (Å²) in [6, 6.07) is 8.69. The fourth-order valence-electron chi connectivity index (χ4n) is 4.31. The molecular weight excluding hydrogens is 442 g/mol. The van der Waals surface area contributed by atoms with Crippen LogP contribution in [0, 0.1) is 12.5 Å². The zero-order valence-corrected chi connectivity index (χ0v) is 19.0. The summed E-state index contributed by atoms with van der Waals surface area (Å²) in [5.74, 6) is 1.30. The average Bonchev–Trinajstić information content (AvgIpc) is 2.85. The Bertz CT molecular complexity index is 1020. The van der Waals surface area contributed by atoms with E-state index in [0.717, 1.165) is 63.7 Å². The Balaban J connectivity index is 1.24. The Morgan fingerprint density at radius 2 is 1.88 bits per heavy atom. The zero-order valence-electron chi connectivity index (χ0n) is 18.2. The first-order valence-corrected chi connectivity index (χ1v) is 11.6. The smallest absolute Gasteiger partial charge is 0.272 e. The summed E-state index contributed by atoms with van der Waals surface area (Å²) in [4.78, 5) is 29.0. The highest BCUT2D eigenvalue weighted by molar-refractivity contribution is 6.33. The third-order valence-corrected chi connectivity index (χ3v) is 6.59. The van der Waals surface area contributed by atoms with Crippen LogP contribution in [0.15, 0.2) is 30.3 Å². The largest absolute Gasteiger partial charge is 0.490 e. The van der Waals surface area contributed by atoms with Crippen LogP contribution in [0.3, 0.4) is 0 Å². The van der Waals surface area contributed by atoms with Gasteiger partial charge < -0.3 is 19.7 Å². The maximum Gasteiger partial charge on any atom is 0.272 e. The van der Waals surface area contributed by atoms with Gasteiger partial charge in [-0.1, -0.05) is 17.7 Å². The second kappa shape index (κ2) is 10.6. The molecule has 0 radical (unpaired) electrons. The summed E-state index contributed by atoms with van der Waals surface area (Å²) in [6.07, 6.45) is 5.96. The van der Waals surface area contributed by atoms with Crippen LogP contribution in [0.25, 0.3) is 4.85 Å². The second-order valence-corrected chi connectivity index (χ2v) is 8.93. The second-order valence-electron chi connectivity index (χ2n) is 8.53. The van der Waals surface area contributed by atoms with Gasteiger partial charge in [0, 0.05) is 25.0 Å². The van der Waals surface area contributed by atoms with Crippen LogP contribution in [-0.2, 0) is 4.79 Å². The van der Waals surface area contributed by atoms with Gasteiger partial charge in [0.05, 0.1) is 17.7 Å². The molecule has 2 aliphatic rings. The molecule has 1 aromatic heterocycles. The lowest BCUT2D eigenvalue weighted by Gasteiger charge is -2.30. The van der Waals surface area contributed by atoms with Gasteiger partial charge in [0.1, 0.15) is 12.0 Å². The van der Waals surface area contributed by atoms with Crippen molar-refractivity contribution in [3.05, 3.63) is 52.5 Å². The standard InChI is InChI=1S/C24H26ClN5O3/c1-26-21-7-6-19(14-20(21)25)33-18-4-2-17(3-5-18)27-24(32)22-8-9-23(29-28-22)30-12-10-16(15-31)11-13-30/h6-9,14-18H,2-5,10-13H2,(H,27,32). The van der Waals surface area contributed by atoms with Crippen LogP contribution in [0.5, 0.6) is 5.75 Å². The lowest BCUT2D eigenvalue weighted by Crippen LogP contribution is -2.40. The Morgan fingerprint density at radius 3 is 2.48 bits per heavy atom. The Hall–Kier alpha value is -3.18. The van der Waals surface area contributed by atoms with Gasteiger partial charge in [-0.05, 0) is 62.8 Å². The molecule has 4 rings (SSSR count). The van der Waals surface area contributed by atoms with Crippen molar-refractivity contribution in [2.75, 3.05) is 18.0 Å². The van der Waals surface area contributed by atoms with Crippen molar-refractivity contribution in [2.45, 2.75) is 50.7 Å². The van der Waals surface area contributed by atoms with Crippen molar-refractivity contribution >= 4 is 35.3 Å². The third kappa shape index (κ3) is 5.79. The molecule has 0 spiro atoms. The summed E-state index contributed by atoms with van der Waals surface area (Å²) in [5, 5.41) is 11.8. The molecule has 2 heterocycles. The van der Waals surface area contributed by atoms with Gasteiger partial charge in [0.2, 0.25) is 5.69 Å². The molecule has 1 saturated carbocycles. The maximum atomic E-state index is 12.6. The van der Waals surface area contributed by atoms with Crippen LogP contribution in [-0.4, -0.2) is 47.6 Å². The van der Waals surface area contributed by atoms with Crippen molar-refractivity contribution < 1.29 is 14.3 Å². The quantitative estimate of drug-likeness (QED) is 0.505. The predicted molar refractivity (Wildman–Crippen MR) is 125 cm³/mol. The summed E-state index contributed by atoms with van der Waals surface area (Å²) < 4.78 is 6.01. The number of nitrogens with one attached hydrogen (secondary N) is 1. The predicted octanol–water partition coefficient (Wildman–Crippen LogP) is 4.22. The first-order chi connectivity index (χ1) is 16.1. The Kier molecular flexibility index (Phi) is 7.40. The van der Waals surface area contributed by atoms with Crippen molar-refractivity contribution in [1.29, 1.82) is 0 Å². The number of piperidine rings is 1. The highest BCUT2D eigenvalue weighted by Crippen LogP contribution is 2.31. The molecule has 1 aliphatic heterocycles. The van der Waals surface area contributed by atoms with E-state index in [1.54, 1.807) is 24.3 Å². The summed E-state index contributed by atoms with van der Waals surface area (Å²) in [7, 11) is 0. The fourth-order valence-corrected chi connectivity index (χ4v) is 4.52. The minimum atomic E-state index is -0.223. The number of hydrogen-bond acceptors (Lipinski definition) is 6. The van der Waals surface area contributed by atoms with E-state index >= 15 is 0 Å². The molecule has 2 fully saturated rings. The molecule has 0 unspecified atom stereocenters. The van der Waals surface area contributed by atoms with Gasteiger partial charge in [0.15, 0.2) is 11.5 Å². The molecule has 0 bridgehead atoms. The van der Waals surface area contributed by atoms with Gasteiger partial charge in [-0.3, -0.25) is 4.79 Å². The van der Waals surface area contributed by atoms with Crippen molar-refractivity contribution in [1.82, 2.24) is 15.5 Å². The molecule has 1 aromatic carbocycles.